The van der Waals surface area contributed by atoms with Crippen molar-refractivity contribution in [2.45, 2.75) is 51.3 Å². The standard InChI is InChI=1S/C15H22FNO/c1-11(12-4-6-13(16)7-5-12)17-14-8-9-18-15(2,3)10-14/h4-7,11,14,17H,8-10H2,1-3H3. The molecule has 1 aromatic carbocycles. The van der Waals surface area contributed by atoms with E-state index in [1.54, 1.807) is 0 Å². The molecular formula is C15H22FNO. The summed E-state index contributed by atoms with van der Waals surface area (Å²) in [6.07, 6.45) is 2.05. The molecule has 0 spiro atoms. The van der Waals surface area contributed by atoms with Gasteiger partial charge in [-0.25, -0.2) is 4.39 Å². The molecule has 2 atom stereocenters. The van der Waals surface area contributed by atoms with Crippen LogP contribution in [0.2, 0.25) is 0 Å². The molecule has 1 fully saturated rings. The Labute approximate surface area is 109 Å². The van der Waals surface area contributed by atoms with Crippen LogP contribution in [0.15, 0.2) is 24.3 Å². The zero-order valence-electron chi connectivity index (χ0n) is 11.4. The van der Waals surface area contributed by atoms with Crippen molar-refractivity contribution in [3.05, 3.63) is 35.6 Å². The molecule has 0 aliphatic carbocycles. The van der Waals surface area contributed by atoms with Crippen molar-refractivity contribution in [1.82, 2.24) is 5.32 Å². The molecule has 2 unspecified atom stereocenters. The van der Waals surface area contributed by atoms with Crippen LogP contribution >= 0.6 is 0 Å². The van der Waals surface area contributed by atoms with Gasteiger partial charge in [-0.1, -0.05) is 12.1 Å². The van der Waals surface area contributed by atoms with Gasteiger partial charge in [-0.3, -0.25) is 0 Å². The van der Waals surface area contributed by atoms with Crippen LogP contribution in [-0.4, -0.2) is 18.2 Å². The maximum atomic E-state index is 12.9. The second-order valence-electron chi connectivity index (χ2n) is 5.74. The fourth-order valence-electron chi connectivity index (χ4n) is 2.58. The van der Waals surface area contributed by atoms with E-state index in [-0.39, 0.29) is 17.5 Å². The van der Waals surface area contributed by atoms with Crippen LogP contribution in [0, 0.1) is 5.82 Å². The lowest BCUT2D eigenvalue weighted by Gasteiger charge is -2.37. The Hall–Kier alpha value is -0.930. The smallest absolute Gasteiger partial charge is 0.123 e. The molecule has 1 N–H and O–H groups in total. The molecule has 0 bridgehead atoms. The topological polar surface area (TPSA) is 21.3 Å². The van der Waals surface area contributed by atoms with Gasteiger partial charge < -0.3 is 10.1 Å². The number of hydrogen-bond acceptors (Lipinski definition) is 2. The van der Waals surface area contributed by atoms with E-state index in [1.807, 2.05) is 12.1 Å². The third-order valence-corrected chi connectivity index (χ3v) is 3.55. The molecule has 1 aromatic rings. The van der Waals surface area contributed by atoms with E-state index in [2.05, 4.69) is 26.1 Å². The van der Waals surface area contributed by atoms with Crippen LogP contribution in [0.5, 0.6) is 0 Å². The van der Waals surface area contributed by atoms with Crippen molar-refractivity contribution in [2.75, 3.05) is 6.61 Å². The van der Waals surface area contributed by atoms with E-state index in [9.17, 15) is 4.39 Å². The SMILES string of the molecule is CC(NC1CCOC(C)(C)C1)c1ccc(F)cc1. The normalized spacial score (nSPS) is 24.8. The van der Waals surface area contributed by atoms with Crippen molar-refractivity contribution >= 4 is 0 Å². The van der Waals surface area contributed by atoms with Gasteiger partial charge in [0.25, 0.3) is 0 Å². The summed E-state index contributed by atoms with van der Waals surface area (Å²) in [5, 5.41) is 3.61. The first-order chi connectivity index (χ1) is 8.46. The van der Waals surface area contributed by atoms with E-state index >= 15 is 0 Å². The van der Waals surface area contributed by atoms with Crippen LogP contribution < -0.4 is 5.32 Å². The Bertz CT molecular complexity index is 388. The highest BCUT2D eigenvalue weighted by molar-refractivity contribution is 5.19. The summed E-state index contributed by atoms with van der Waals surface area (Å²) in [4.78, 5) is 0. The molecule has 1 saturated heterocycles. The van der Waals surface area contributed by atoms with Gasteiger partial charge in [0.15, 0.2) is 0 Å². The number of rotatable bonds is 3. The lowest BCUT2D eigenvalue weighted by atomic mass is 9.93. The second kappa shape index (κ2) is 5.37. The average Bonchev–Trinajstić information content (AvgIpc) is 2.28. The first-order valence-electron chi connectivity index (χ1n) is 6.62. The van der Waals surface area contributed by atoms with Crippen molar-refractivity contribution in [3.8, 4) is 0 Å². The molecular weight excluding hydrogens is 229 g/mol. The molecule has 1 aliphatic rings. The summed E-state index contributed by atoms with van der Waals surface area (Å²) < 4.78 is 18.6. The van der Waals surface area contributed by atoms with Crippen molar-refractivity contribution in [3.63, 3.8) is 0 Å². The fourth-order valence-corrected chi connectivity index (χ4v) is 2.58. The first kappa shape index (κ1) is 13.5. The summed E-state index contributed by atoms with van der Waals surface area (Å²) >= 11 is 0. The predicted octanol–water partition coefficient (Wildman–Crippen LogP) is 3.43. The highest BCUT2D eigenvalue weighted by Crippen LogP contribution is 2.26. The van der Waals surface area contributed by atoms with E-state index in [0.29, 0.717) is 6.04 Å². The molecule has 100 valence electrons. The number of nitrogens with one attached hydrogen (secondary N) is 1. The lowest BCUT2D eigenvalue weighted by molar-refractivity contribution is -0.0639. The van der Waals surface area contributed by atoms with Crippen LogP contribution in [0.1, 0.15) is 45.2 Å². The van der Waals surface area contributed by atoms with Crippen molar-refractivity contribution < 1.29 is 9.13 Å². The number of halogens is 1. The monoisotopic (exact) mass is 251 g/mol. The molecule has 3 heteroatoms. The Kier molecular flexibility index (Phi) is 4.03. The molecule has 0 radical (unpaired) electrons. The summed E-state index contributed by atoms with van der Waals surface area (Å²) in [6, 6.07) is 7.43. The van der Waals surface area contributed by atoms with Gasteiger partial charge in [0.1, 0.15) is 5.82 Å². The van der Waals surface area contributed by atoms with E-state index in [0.717, 1.165) is 25.0 Å². The maximum Gasteiger partial charge on any atom is 0.123 e. The molecule has 0 amide bonds. The molecule has 2 rings (SSSR count). The van der Waals surface area contributed by atoms with E-state index < -0.39 is 0 Å². The van der Waals surface area contributed by atoms with E-state index in [1.165, 1.54) is 12.1 Å². The van der Waals surface area contributed by atoms with Crippen LogP contribution in [0.25, 0.3) is 0 Å². The number of benzene rings is 1. The van der Waals surface area contributed by atoms with Gasteiger partial charge in [-0.2, -0.15) is 0 Å². The Morgan fingerprint density at radius 1 is 1.33 bits per heavy atom. The highest BCUT2D eigenvalue weighted by Gasteiger charge is 2.29. The van der Waals surface area contributed by atoms with Crippen LogP contribution in [0.3, 0.4) is 0 Å². The minimum absolute atomic E-state index is 0.0432. The third kappa shape index (κ3) is 3.53. The van der Waals surface area contributed by atoms with Gasteiger partial charge in [0, 0.05) is 18.7 Å². The average molecular weight is 251 g/mol. The van der Waals surface area contributed by atoms with E-state index in [4.69, 9.17) is 4.74 Å². The van der Waals surface area contributed by atoms with Crippen molar-refractivity contribution in [2.24, 2.45) is 0 Å². The quantitative estimate of drug-likeness (QED) is 0.888. The molecule has 1 heterocycles. The van der Waals surface area contributed by atoms with Gasteiger partial charge in [0.05, 0.1) is 5.60 Å². The third-order valence-electron chi connectivity index (χ3n) is 3.55. The summed E-state index contributed by atoms with van der Waals surface area (Å²) in [5.41, 5.74) is 1.08. The number of ether oxygens (including phenoxy) is 1. The minimum atomic E-state index is -0.182. The second-order valence-corrected chi connectivity index (χ2v) is 5.74. The first-order valence-corrected chi connectivity index (χ1v) is 6.62. The van der Waals surface area contributed by atoms with Gasteiger partial charge in [0.2, 0.25) is 0 Å². The largest absolute Gasteiger partial charge is 0.375 e. The van der Waals surface area contributed by atoms with Gasteiger partial charge in [-0.15, -0.1) is 0 Å². The zero-order chi connectivity index (χ0) is 13.2. The zero-order valence-corrected chi connectivity index (χ0v) is 11.4. The number of hydrogen-bond donors (Lipinski definition) is 1. The predicted molar refractivity (Wildman–Crippen MR) is 71.0 cm³/mol. The van der Waals surface area contributed by atoms with Crippen LogP contribution in [-0.2, 0) is 4.74 Å². The molecule has 0 saturated carbocycles. The highest BCUT2D eigenvalue weighted by atomic mass is 19.1. The Balaban J connectivity index is 1.94. The molecule has 1 aliphatic heterocycles. The van der Waals surface area contributed by atoms with Gasteiger partial charge in [-0.05, 0) is 51.3 Å². The van der Waals surface area contributed by atoms with Crippen molar-refractivity contribution in [1.29, 1.82) is 0 Å². The Morgan fingerprint density at radius 2 is 2.00 bits per heavy atom. The molecule has 2 nitrogen and oxygen atoms in total. The summed E-state index contributed by atoms with van der Waals surface area (Å²) in [6.45, 7) is 7.18. The maximum absolute atomic E-state index is 12.9. The van der Waals surface area contributed by atoms with Gasteiger partial charge >= 0.3 is 0 Å². The summed E-state index contributed by atoms with van der Waals surface area (Å²) in [7, 11) is 0. The van der Waals surface area contributed by atoms with Crippen LogP contribution in [0.4, 0.5) is 4.39 Å². The minimum Gasteiger partial charge on any atom is -0.375 e. The molecule has 0 aromatic heterocycles. The molecule has 18 heavy (non-hydrogen) atoms. The fraction of sp³-hybridized carbons (Fsp3) is 0.600. The lowest BCUT2D eigenvalue weighted by Crippen LogP contribution is -2.44. The summed E-state index contributed by atoms with van der Waals surface area (Å²) in [5.74, 6) is -0.182. The Morgan fingerprint density at radius 3 is 2.61 bits per heavy atom.